The van der Waals surface area contributed by atoms with E-state index in [1.807, 2.05) is 44.2 Å². The van der Waals surface area contributed by atoms with E-state index < -0.39 is 0 Å². The number of hydrogen-bond acceptors (Lipinski definition) is 2. The van der Waals surface area contributed by atoms with Crippen LogP contribution in [0.3, 0.4) is 0 Å². The lowest BCUT2D eigenvalue weighted by Gasteiger charge is -2.12. The van der Waals surface area contributed by atoms with E-state index in [-0.39, 0.29) is 0 Å². The van der Waals surface area contributed by atoms with Crippen LogP contribution in [-0.2, 0) is 0 Å². The van der Waals surface area contributed by atoms with Crippen molar-refractivity contribution in [2.75, 3.05) is 5.73 Å². The van der Waals surface area contributed by atoms with Gasteiger partial charge in [-0.25, -0.2) is 4.98 Å². The number of aromatic nitrogens is 1. The predicted molar refractivity (Wildman–Crippen MR) is 95.8 cm³/mol. The van der Waals surface area contributed by atoms with Gasteiger partial charge in [-0.1, -0.05) is 23.2 Å². The van der Waals surface area contributed by atoms with Crippen molar-refractivity contribution in [1.82, 2.24) is 4.98 Å². The largest absolute Gasteiger partial charge is 0.397 e. The number of nitrogens with two attached hydrogens (primary N) is 1. The molecule has 0 amide bonds. The lowest BCUT2D eigenvalue weighted by atomic mass is 10.0. The van der Waals surface area contributed by atoms with Gasteiger partial charge in [0.25, 0.3) is 0 Å². The van der Waals surface area contributed by atoms with Crippen molar-refractivity contribution in [3.8, 4) is 11.3 Å². The van der Waals surface area contributed by atoms with Crippen molar-refractivity contribution < 1.29 is 0 Å². The summed E-state index contributed by atoms with van der Waals surface area (Å²) < 4.78 is 0. The van der Waals surface area contributed by atoms with Gasteiger partial charge in [0.15, 0.2) is 0 Å². The highest BCUT2D eigenvalue weighted by Gasteiger charge is 2.12. The second-order valence-corrected chi connectivity index (χ2v) is 6.49. The zero-order valence-corrected chi connectivity index (χ0v) is 14.2. The summed E-state index contributed by atoms with van der Waals surface area (Å²) in [6.45, 7) is 6.06. The van der Waals surface area contributed by atoms with Gasteiger partial charge in [-0.2, -0.15) is 0 Å². The molecule has 2 N–H and O–H groups in total. The van der Waals surface area contributed by atoms with Gasteiger partial charge in [-0.15, -0.1) is 0 Å². The van der Waals surface area contributed by atoms with E-state index in [0.717, 1.165) is 43.9 Å². The number of anilines is 1. The Kier molecular flexibility index (Phi) is 3.75. The molecule has 0 aliphatic heterocycles. The smallest absolute Gasteiger partial charge is 0.0742 e. The first-order valence-corrected chi connectivity index (χ1v) is 7.76. The van der Waals surface area contributed by atoms with E-state index in [1.54, 1.807) is 0 Å². The SMILES string of the molecule is Cc1cc(Cl)c(N)c(-c2cc(C)c3cc(Cl)cc(C)c3n2)c1. The summed E-state index contributed by atoms with van der Waals surface area (Å²) in [7, 11) is 0. The summed E-state index contributed by atoms with van der Waals surface area (Å²) >= 11 is 12.4. The molecule has 3 rings (SSSR count). The fourth-order valence-corrected chi connectivity index (χ4v) is 3.27. The molecule has 0 aliphatic carbocycles. The number of halogens is 2. The molecule has 0 unspecified atom stereocenters. The minimum absolute atomic E-state index is 0.558. The summed E-state index contributed by atoms with van der Waals surface area (Å²) in [6, 6.07) is 9.77. The number of aryl methyl sites for hydroxylation is 3. The lowest BCUT2D eigenvalue weighted by molar-refractivity contribution is 1.32. The third kappa shape index (κ3) is 2.53. The molecule has 1 heterocycles. The highest BCUT2D eigenvalue weighted by atomic mass is 35.5. The zero-order valence-electron chi connectivity index (χ0n) is 12.7. The molecule has 0 aliphatic rings. The van der Waals surface area contributed by atoms with Gasteiger partial charge in [0, 0.05) is 16.0 Å². The fourth-order valence-electron chi connectivity index (χ4n) is 2.72. The highest BCUT2D eigenvalue weighted by Crippen LogP contribution is 2.35. The van der Waals surface area contributed by atoms with Crippen LogP contribution in [0.2, 0.25) is 10.0 Å². The van der Waals surface area contributed by atoms with Crippen LogP contribution in [0.1, 0.15) is 16.7 Å². The van der Waals surface area contributed by atoms with Crippen LogP contribution in [-0.4, -0.2) is 4.98 Å². The average Bonchev–Trinajstić information content (AvgIpc) is 2.43. The Bertz CT molecular complexity index is 901. The second kappa shape index (κ2) is 5.45. The number of hydrogen-bond donors (Lipinski definition) is 1. The number of pyridine rings is 1. The van der Waals surface area contributed by atoms with Crippen molar-refractivity contribution in [3.63, 3.8) is 0 Å². The molecule has 0 saturated carbocycles. The maximum absolute atomic E-state index is 6.21. The van der Waals surface area contributed by atoms with Crippen LogP contribution < -0.4 is 5.73 Å². The Labute approximate surface area is 139 Å². The minimum Gasteiger partial charge on any atom is -0.397 e. The number of benzene rings is 2. The molecule has 112 valence electrons. The summed E-state index contributed by atoms with van der Waals surface area (Å²) in [6.07, 6.45) is 0. The molecule has 0 atom stereocenters. The highest BCUT2D eigenvalue weighted by molar-refractivity contribution is 6.34. The zero-order chi connectivity index (χ0) is 16.0. The standard InChI is InChI=1S/C18H16Cl2N2/c1-9-4-14(17(21)15(20)5-9)16-7-10(2)13-8-12(19)6-11(3)18(13)22-16/h4-8H,21H2,1-3H3. The van der Waals surface area contributed by atoms with Gasteiger partial charge in [0.05, 0.1) is 21.9 Å². The molecule has 0 saturated heterocycles. The van der Waals surface area contributed by atoms with Crippen molar-refractivity contribution >= 4 is 39.8 Å². The Morgan fingerprint density at radius 2 is 1.64 bits per heavy atom. The van der Waals surface area contributed by atoms with Crippen LogP contribution in [0.5, 0.6) is 0 Å². The van der Waals surface area contributed by atoms with Crippen molar-refractivity contribution in [2.45, 2.75) is 20.8 Å². The molecule has 0 spiro atoms. The van der Waals surface area contributed by atoms with Gasteiger partial charge in [0.1, 0.15) is 0 Å². The Morgan fingerprint density at radius 3 is 2.36 bits per heavy atom. The molecule has 1 aromatic heterocycles. The molecular formula is C18H16Cl2N2. The van der Waals surface area contributed by atoms with E-state index >= 15 is 0 Å². The van der Waals surface area contributed by atoms with Crippen LogP contribution in [0, 0.1) is 20.8 Å². The maximum atomic E-state index is 6.21. The Hall–Kier alpha value is -1.77. The lowest BCUT2D eigenvalue weighted by Crippen LogP contribution is -1.97. The van der Waals surface area contributed by atoms with Crippen molar-refractivity contribution in [3.05, 3.63) is 57.1 Å². The van der Waals surface area contributed by atoms with Gasteiger partial charge in [0.2, 0.25) is 0 Å². The molecule has 3 aromatic rings. The number of fused-ring (bicyclic) bond motifs is 1. The first-order chi connectivity index (χ1) is 10.4. The van der Waals surface area contributed by atoms with E-state index in [0.29, 0.717) is 10.7 Å². The normalized spacial score (nSPS) is 11.1. The molecule has 4 heteroatoms. The third-order valence-corrected chi connectivity index (χ3v) is 4.36. The van der Waals surface area contributed by atoms with Crippen molar-refractivity contribution in [1.29, 1.82) is 0 Å². The summed E-state index contributed by atoms with van der Waals surface area (Å²) in [5, 5.41) is 2.34. The molecule has 2 nitrogen and oxygen atoms in total. The van der Waals surface area contributed by atoms with Gasteiger partial charge in [-0.05, 0) is 67.8 Å². The first-order valence-electron chi connectivity index (χ1n) is 7.00. The molecular weight excluding hydrogens is 315 g/mol. The van der Waals surface area contributed by atoms with Crippen LogP contribution >= 0.6 is 23.2 Å². The number of nitrogens with zero attached hydrogens (tertiary/aromatic N) is 1. The van der Waals surface area contributed by atoms with Crippen LogP contribution in [0.15, 0.2) is 30.3 Å². The van der Waals surface area contributed by atoms with E-state index in [9.17, 15) is 0 Å². The fraction of sp³-hybridized carbons (Fsp3) is 0.167. The van der Waals surface area contributed by atoms with E-state index in [1.165, 1.54) is 0 Å². The summed E-state index contributed by atoms with van der Waals surface area (Å²) in [5.74, 6) is 0. The van der Waals surface area contributed by atoms with Gasteiger partial charge < -0.3 is 5.73 Å². The van der Waals surface area contributed by atoms with Gasteiger partial charge >= 0.3 is 0 Å². The predicted octanol–water partition coefficient (Wildman–Crippen LogP) is 5.72. The quantitative estimate of drug-likeness (QED) is 0.580. The number of nitrogen functional groups attached to an aromatic ring is 1. The third-order valence-electron chi connectivity index (χ3n) is 3.83. The maximum Gasteiger partial charge on any atom is 0.0742 e. The van der Waals surface area contributed by atoms with E-state index in [4.69, 9.17) is 33.9 Å². The summed E-state index contributed by atoms with van der Waals surface area (Å²) in [5.41, 5.74) is 12.6. The van der Waals surface area contributed by atoms with Gasteiger partial charge in [-0.3, -0.25) is 0 Å². The molecule has 0 radical (unpaired) electrons. The first kappa shape index (κ1) is 15.1. The Balaban J connectivity index is 2.34. The van der Waals surface area contributed by atoms with Crippen LogP contribution in [0.4, 0.5) is 5.69 Å². The minimum atomic E-state index is 0.558. The Morgan fingerprint density at radius 1 is 0.909 bits per heavy atom. The molecule has 0 bridgehead atoms. The summed E-state index contributed by atoms with van der Waals surface area (Å²) in [4.78, 5) is 4.79. The van der Waals surface area contributed by atoms with Crippen LogP contribution in [0.25, 0.3) is 22.2 Å². The van der Waals surface area contributed by atoms with Crippen molar-refractivity contribution in [2.24, 2.45) is 0 Å². The topological polar surface area (TPSA) is 38.9 Å². The van der Waals surface area contributed by atoms with E-state index in [2.05, 4.69) is 6.92 Å². The molecule has 2 aromatic carbocycles. The molecule has 22 heavy (non-hydrogen) atoms. The molecule has 0 fully saturated rings. The average molecular weight is 331 g/mol. The monoisotopic (exact) mass is 330 g/mol. The number of rotatable bonds is 1. The second-order valence-electron chi connectivity index (χ2n) is 5.65.